The van der Waals surface area contributed by atoms with E-state index in [0.717, 1.165) is 33.4 Å². The Kier molecular flexibility index (Phi) is 4.61. The molecule has 138 valence electrons. The van der Waals surface area contributed by atoms with Crippen molar-refractivity contribution in [3.8, 4) is 0 Å². The summed E-state index contributed by atoms with van der Waals surface area (Å²) in [5, 5.41) is 0.769. The second-order valence-electron chi connectivity index (χ2n) is 6.78. The molecule has 0 fully saturated rings. The fraction of sp³-hybridized carbons (Fsp3) is 0.263. The van der Waals surface area contributed by atoms with Crippen LogP contribution in [0.3, 0.4) is 0 Å². The van der Waals surface area contributed by atoms with Gasteiger partial charge in [-0.05, 0) is 25.0 Å². The van der Waals surface area contributed by atoms with Crippen molar-refractivity contribution in [2.75, 3.05) is 11.5 Å². The molecule has 8 heteroatoms. The molecular weight excluding hydrogens is 378 g/mol. The summed E-state index contributed by atoms with van der Waals surface area (Å²) < 4.78 is 6.21. The number of nitrogen functional groups attached to an aromatic ring is 1. The first kappa shape index (κ1) is 17.9. The summed E-state index contributed by atoms with van der Waals surface area (Å²) in [5.74, 6) is 1.81. The molecule has 0 saturated carbocycles. The second kappa shape index (κ2) is 6.94. The Morgan fingerprint density at radius 1 is 1.33 bits per heavy atom. The summed E-state index contributed by atoms with van der Waals surface area (Å²) in [6.45, 7) is 6.24. The lowest BCUT2D eigenvalue weighted by atomic mass is 10.0. The molecule has 6 nitrogen and oxygen atoms in total. The van der Waals surface area contributed by atoms with Crippen molar-refractivity contribution in [1.82, 2.24) is 13.8 Å². The van der Waals surface area contributed by atoms with Gasteiger partial charge in [-0.2, -0.15) is 9.36 Å². The molecule has 0 saturated heterocycles. The minimum atomic E-state index is -0.346. The number of hydrogen-bond acceptors (Lipinski definition) is 7. The number of para-hydroxylation sites is 1. The molecule has 0 unspecified atom stereocenters. The van der Waals surface area contributed by atoms with Gasteiger partial charge in [0.2, 0.25) is 4.96 Å². The number of aromatic nitrogens is 3. The van der Waals surface area contributed by atoms with Gasteiger partial charge in [0.25, 0.3) is 5.56 Å². The summed E-state index contributed by atoms with van der Waals surface area (Å²) in [4.78, 5) is 21.9. The van der Waals surface area contributed by atoms with Gasteiger partial charge in [0.15, 0.2) is 5.16 Å². The molecule has 1 aliphatic heterocycles. The summed E-state index contributed by atoms with van der Waals surface area (Å²) in [5.41, 5.74) is 10.1. The van der Waals surface area contributed by atoms with Gasteiger partial charge >= 0.3 is 0 Å². The van der Waals surface area contributed by atoms with Crippen molar-refractivity contribution in [3.63, 3.8) is 0 Å². The number of nitrogens with two attached hydrogens (primary N) is 1. The van der Waals surface area contributed by atoms with Crippen LogP contribution < -0.4 is 11.3 Å². The Balaban J connectivity index is 1.87. The molecule has 0 amide bonds. The van der Waals surface area contributed by atoms with E-state index in [-0.39, 0.29) is 5.56 Å². The Morgan fingerprint density at radius 3 is 2.89 bits per heavy atom. The van der Waals surface area contributed by atoms with E-state index in [9.17, 15) is 4.79 Å². The van der Waals surface area contributed by atoms with Crippen molar-refractivity contribution < 1.29 is 0 Å². The minimum absolute atomic E-state index is 0.346. The standard InChI is InChI=1S/C19H19N5OS2/c1-10(2)9-26-19-23-27-18-22-17(25)14(16(20)24(18)19)8-13-11(3)21-15-7-5-4-6-12(13)15/h4-8,10H,9,20H2,1-3H3/b13-8-. The fourth-order valence-electron chi connectivity index (χ4n) is 2.93. The molecule has 3 aromatic rings. The van der Waals surface area contributed by atoms with Crippen LogP contribution in [0.4, 0.5) is 11.5 Å². The molecule has 1 aromatic carbocycles. The van der Waals surface area contributed by atoms with Gasteiger partial charge in [0, 0.05) is 34.1 Å². The van der Waals surface area contributed by atoms with Gasteiger partial charge in [-0.15, -0.1) is 0 Å². The van der Waals surface area contributed by atoms with E-state index in [2.05, 4.69) is 28.2 Å². The van der Waals surface area contributed by atoms with Crippen molar-refractivity contribution in [2.24, 2.45) is 10.9 Å². The molecular formula is C19H19N5OS2. The topological polar surface area (TPSA) is 85.6 Å². The van der Waals surface area contributed by atoms with E-state index in [0.29, 0.717) is 22.3 Å². The number of anilines is 1. The van der Waals surface area contributed by atoms with Gasteiger partial charge in [0.05, 0.1) is 11.3 Å². The Bertz CT molecular complexity index is 1160. The van der Waals surface area contributed by atoms with Crippen LogP contribution in [0.15, 0.2) is 39.2 Å². The van der Waals surface area contributed by atoms with Crippen LogP contribution in [0.25, 0.3) is 16.6 Å². The van der Waals surface area contributed by atoms with Gasteiger partial charge in [-0.1, -0.05) is 43.8 Å². The lowest BCUT2D eigenvalue weighted by Crippen LogP contribution is -2.17. The quantitative estimate of drug-likeness (QED) is 0.669. The largest absolute Gasteiger partial charge is 0.384 e. The highest BCUT2D eigenvalue weighted by molar-refractivity contribution is 7.99. The highest BCUT2D eigenvalue weighted by atomic mass is 32.2. The zero-order valence-electron chi connectivity index (χ0n) is 15.3. The average Bonchev–Trinajstić information content (AvgIpc) is 3.17. The van der Waals surface area contributed by atoms with Crippen LogP contribution in [0.5, 0.6) is 0 Å². The number of benzene rings is 1. The van der Waals surface area contributed by atoms with Crippen LogP contribution in [0.2, 0.25) is 0 Å². The summed E-state index contributed by atoms with van der Waals surface area (Å²) in [6.07, 6.45) is 1.80. The summed E-state index contributed by atoms with van der Waals surface area (Å²) >= 11 is 2.81. The molecule has 0 aliphatic carbocycles. The summed E-state index contributed by atoms with van der Waals surface area (Å²) in [6, 6.07) is 7.87. The van der Waals surface area contributed by atoms with Crippen LogP contribution in [0, 0.1) is 5.92 Å². The third-order valence-corrected chi connectivity index (χ3v) is 6.42. The number of nitrogens with zero attached hydrogens (tertiary/aromatic N) is 4. The highest BCUT2D eigenvalue weighted by Gasteiger charge is 2.20. The smallest absolute Gasteiger partial charge is 0.283 e. The van der Waals surface area contributed by atoms with Gasteiger partial charge < -0.3 is 5.73 Å². The van der Waals surface area contributed by atoms with E-state index in [4.69, 9.17) is 5.73 Å². The molecule has 0 bridgehead atoms. The van der Waals surface area contributed by atoms with Crippen molar-refractivity contribution in [3.05, 3.63) is 45.7 Å². The Morgan fingerprint density at radius 2 is 2.11 bits per heavy atom. The SMILES string of the molecule is CC1=Nc2ccccc2/C1=C\c1c(N)n2c(SCC(C)C)nsc2nc1=O. The lowest BCUT2D eigenvalue weighted by molar-refractivity contribution is 0.747. The number of aliphatic imine (C=N–C) groups is 1. The van der Waals surface area contributed by atoms with Gasteiger partial charge in [-0.3, -0.25) is 9.79 Å². The van der Waals surface area contributed by atoms with E-state index < -0.39 is 0 Å². The van der Waals surface area contributed by atoms with Crippen molar-refractivity contribution in [2.45, 2.75) is 25.9 Å². The van der Waals surface area contributed by atoms with Gasteiger partial charge in [0.1, 0.15) is 5.82 Å². The van der Waals surface area contributed by atoms with Crippen LogP contribution in [-0.2, 0) is 0 Å². The number of fused-ring (bicyclic) bond motifs is 2. The molecule has 0 atom stereocenters. The Labute approximate surface area is 165 Å². The maximum absolute atomic E-state index is 12.6. The van der Waals surface area contributed by atoms with Crippen molar-refractivity contribution in [1.29, 1.82) is 0 Å². The first-order valence-electron chi connectivity index (χ1n) is 8.63. The van der Waals surface area contributed by atoms with E-state index >= 15 is 0 Å². The molecule has 2 N–H and O–H groups in total. The van der Waals surface area contributed by atoms with Crippen LogP contribution >= 0.6 is 23.3 Å². The molecule has 0 spiro atoms. The van der Waals surface area contributed by atoms with Gasteiger partial charge in [-0.25, -0.2) is 4.40 Å². The van der Waals surface area contributed by atoms with E-state index in [1.807, 2.05) is 31.2 Å². The zero-order chi connectivity index (χ0) is 19.1. The first-order valence-corrected chi connectivity index (χ1v) is 10.4. The Hall–Kier alpha value is -2.45. The molecule has 1 aliphatic rings. The van der Waals surface area contributed by atoms with Crippen LogP contribution in [0.1, 0.15) is 31.9 Å². The predicted molar refractivity (Wildman–Crippen MR) is 114 cm³/mol. The second-order valence-corrected chi connectivity index (χ2v) is 8.49. The average molecular weight is 398 g/mol. The monoisotopic (exact) mass is 397 g/mol. The number of thioether (sulfide) groups is 1. The zero-order valence-corrected chi connectivity index (χ0v) is 16.9. The molecule has 0 radical (unpaired) electrons. The normalized spacial score (nSPS) is 15.0. The molecule has 4 rings (SSSR count). The number of allylic oxidation sites excluding steroid dienone is 1. The predicted octanol–water partition coefficient (Wildman–Crippen LogP) is 4.13. The van der Waals surface area contributed by atoms with Crippen molar-refractivity contribution >= 4 is 57.1 Å². The van der Waals surface area contributed by atoms with Crippen LogP contribution in [-0.4, -0.2) is 25.2 Å². The first-order chi connectivity index (χ1) is 13.0. The molecule has 27 heavy (non-hydrogen) atoms. The maximum atomic E-state index is 12.6. The third kappa shape index (κ3) is 3.19. The van der Waals surface area contributed by atoms with E-state index in [1.165, 1.54) is 11.5 Å². The minimum Gasteiger partial charge on any atom is -0.384 e. The number of rotatable bonds is 4. The third-order valence-electron chi connectivity index (χ3n) is 4.24. The van der Waals surface area contributed by atoms with E-state index in [1.54, 1.807) is 22.2 Å². The number of hydrogen-bond donors (Lipinski definition) is 1. The highest BCUT2D eigenvalue weighted by Crippen LogP contribution is 2.36. The fourth-order valence-corrected chi connectivity index (χ4v) is 4.73. The molecule has 2 aromatic heterocycles. The summed E-state index contributed by atoms with van der Waals surface area (Å²) in [7, 11) is 0. The molecule has 3 heterocycles. The maximum Gasteiger partial charge on any atom is 0.283 e. The lowest BCUT2D eigenvalue weighted by Gasteiger charge is -2.08.